The van der Waals surface area contributed by atoms with Gasteiger partial charge >= 0.3 is 5.97 Å². The molecular weight excluding hydrogens is 356 g/mol. The average molecular weight is 365 g/mol. The minimum atomic E-state index is -1.12. The fraction of sp³-hybridized carbons (Fsp3) is 0.0667. The summed E-state index contributed by atoms with van der Waals surface area (Å²) in [6, 6.07) is 9.07. The molecule has 1 aromatic carbocycles. The maximum Gasteiger partial charge on any atom is 0.323 e. The van der Waals surface area contributed by atoms with Gasteiger partial charge < -0.3 is 5.11 Å². The van der Waals surface area contributed by atoms with Gasteiger partial charge in [0.25, 0.3) is 5.91 Å². The van der Waals surface area contributed by atoms with Gasteiger partial charge in [-0.05, 0) is 18.2 Å². The number of fused-ring (bicyclic) bond motifs is 1. The van der Waals surface area contributed by atoms with Crippen molar-refractivity contribution in [1.29, 1.82) is 0 Å². The van der Waals surface area contributed by atoms with E-state index in [4.69, 9.17) is 28.9 Å². The third-order valence-corrected chi connectivity index (χ3v) is 4.82. The Balaban J connectivity index is 1.97. The molecule has 1 amide bonds. The zero-order valence-corrected chi connectivity index (χ0v) is 13.9. The maximum atomic E-state index is 12.2. The molecule has 0 aliphatic carbocycles. The Kier molecular flexibility index (Phi) is 4.34. The second-order valence-electron chi connectivity index (χ2n) is 4.71. The minimum absolute atomic E-state index is 0.218. The molecule has 0 spiro atoms. The Morgan fingerprint density at radius 2 is 2.17 bits per heavy atom. The number of carbonyl (C=O) groups excluding carboxylic acids is 1. The van der Waals surface area contributed by atoms with E-state index >= 15 is 0 Å². The Labute approximate surface area is 145 Å². The normalized spacial score (nSPS) is 16.6. The third-order valence-electron chi connectivity index (χ3n) is 3.13. The quantitative estimate of drug-likeness (QED) is 0.666. The number of thioether (sulfide) groups is 1. The van der Waals surface area contributed by atoms with Gasteiger partial charge in [-0.3, -0.25) is 14.5 Å². The van der Waals surface area contributed by atoms with Gasteiger partial charge in [-0.25, -0.2) is 4.98 Å². The first-order valence-electron chi connectivity index (χ1n) is 6.48. The van der Waals surface area contributed by atoms with Crippen molar-refractivity contribution in [1.82, 2.24) is 9.88 Å². The predicted octanol–water partition coefficient (Wildman–Crippen LogP) is 3.17. The molecule has 1 fully saturated rings. The summed E-state index contributed by atoms with van der Waals surface area (Å²) in [4.78, 5) is 28.8. The third kappa shape index (κ3) is 3.21. The lowest BCUT2D eigenvalue weighted by molar-refractivity contribution is -0.140. The van der Waals surface area contributed by atoms with Gasteiger partial charge in [-0.1, -0.05) is 53.8 Å². The molecule has 0 unspecified atom stereocenters. The van der Waals surface area contributed by atoms with Gasteiger partial charge in [-0.15, -0.1) is 0 Å². The summed E-state index contributed by atoms with van der Waals surface area (Å²) < 4.78 is 0.218. The summed E-state index contributed by atoms with van der Waals surface area (Å²) >= 11 is 12.3. The topological polar surface area (TPSA) is 70.5 Å². The van der Waals surface area contributed by atoms with E-state index in [0.29, 0.717) is 21.1 Å². The lowest BCUT2D eigenvalue weighted by atomic mass is 10.2. The highest BCUT2D eigenvalue weighted by atomic mass is 35.5. The Hall–Kier alpha value is -1.96. The first-order chi connectivity index (χ1) is 11.0. The molecule has 1 aliphatic rings. The number of para-hydroxylation sites is 1. The van der Waals surface area contributed by atoms with Gasteiger partial charge in [0.2, 0.25) is 0 Å². The number of carboxylic acid groups (broad SMARTS) is 1. The summed E-state index contributed by atoms with van der Waals surface area (Å²) in [7, 11) is 0. The number of hydrogen-bond donors (Lipinski definition) is 1. The number of aromatic nitrogens is 1. The van der Waals surface area contributed by atoms with Crippen LogP contribution in [-0.2, 0) is 9.59 Å². The molecular formula is C15H9ClN2O3S2. The fourth-order valence-electron chi connectivity index (χ4n) is 2.13. The highest BCUT2D eigenvalue weighted by Crippen LogP contribution is 2.33. The van der Waals surface area contributed by atoms with Crippen LogP contribution in [0.3, 0.4) is 0 Å². The zero-order chi connectivity index (χ0) is 16.6. The standard InChI is InChI=1S/C15H9ClN2O3S2/c16-10-5-8(17-11-4-2-1-3-9(10)11)6-12-14(21)18(7-13(19)20)15(22)23-12/h1-6H,7H2,(H,19,20)/b12-6-. The van der Waals surface area contributed by atoms with E-state index in [1.54, 1.807) is 12.1 Å². The molecule has 0 bridgehead atoms. The molecule has 1 saturated heterocycles. The van der Waals surface area contributed by atoms with Crippen molar-refractivity contribution in [3.8, 4) is 0 Å². The molecule has 8 heteroatoms. The molecule has 2 aromatic rings. The van der Waals surface area contributed by atoms with Crippen LogP contribution in [0.5, 0.6) is 0 Å². The van der Waals surface area contributed by atoms with Crippen molar-refractivity contribution >= 4 is 68.8 Å². The van der Waals surface area contributed by atoms with Crippen LogP contribution in [0.25, 0.3) is 17.0 Å². The van der Waals surface area contributed by atoms with E-state index in [0.717, 1.165) is 22.0 Å². The Morgan fingerprint density at radius 3 is 2.91 bits per heavy atom. The predicted molar refractivity (Wildman–Crippen MR) is 94.3 cm³/mol. The molecule has 2 heterocycles. The highest BCUT2D eigenvalue weighted by molar-refractivity contribution is 8.26. The lowest BCUT2D eigenvalue weighted by Gasteiger charge is -2.10. The number of carbonyl (C=O) groups is 2. The van der Waals surface area contributed by atoms with Crippen molar-refractivity contribution in [2.24, 2.45) is 0 Å². The number of nitrogens with zero attached hydrogens (tertiary/aromatic N) is 2. The number of carboxylic acids is 1. The van der Waals surface area contributed by atoms with Crippen LogP contribution < -0.4 is 0 Å². The van der Waals surface area contributed by atoms with E-state index in [9.17, 15) is 9.59 Å². The smallest absolute Gasteiger partial charge is 0.323 e. The van der Waals surface area contributed by atoms with E-state index in [-0.39, 0.29) is 4.32 Å². The van der Waals surface area contributed by atoms with Crippen LogP contribution in [-0.4, -0.2) is 37.7 Å². The van der Waals surface area contributed by atoms with Crippen LogP contribution in [0.15, 0.2) is 35.2 Å². The number of amides is 1. The average Bonchev–Trinajstić information content (AvgIpc) is 2.74. The Morgan fingerprint density at radius 1 is 1.43 bits per heavy atom. The van der Waals surface area contributed by atoms with Crippen molar-refractivity contribution < 1.29 is 14.7 Å². The number of rotatable bonds is 3. The lowest BCUT2D eigenvalue weighted by Crippen LogP contribution is -2.33. The monoisotopic (exact) mass is 364 g/mol. The van der Waals surface area contributed by atoms with Crippen LogP contribution in [0.2, 0.25) is 5.02 Å². The molecule has 1 N–H and O–H groups in total. The molecule has 0 saturated carbocycles. The second-order valence-corrected chi connectivity index (χ2v) is 6.79. The molecule has 1 aliphatic heterocycles. The van der Waals surface area contributed by atoms with Gasteiger partial charge in [-0.2, -0.15) is 0 Å². The number of benzene rings is 1. The molecule has 1 aromatic heterocycles. The van der Waals surface area contributed by atoms with Crippen LogP contribution in [0, 0.1) is 0 Å². The van der Waals surface area contributed by atoms with E-state index in [1.165, 1.54) is 0 Å². The molecule has 0 radical (unpaired) electrons. The van der Waals surface area contributed by atoms with Crippen LogP contribution in [0.1, 0.15) is 5.69 Å². The SMILES string of the molecule is O=C(O)CN1C(=O)/C(=C/c2cc(Cl)c3ccccc3n2)SC1=S. The summed E-state index contributed by atoms with van der Waals surface area (Å²) in [6.45, 7) is -0.450. The van der Waals surface area contributed by atoms with Crippen molar-refractivity contribution in [3.63, 3.8) is 0 Å². The van der Waals surface area contributed by atoms with E-state index in [2.05, 4.69) is 4.98 Å². The molecule has 23 heavy (non-hydrogen) atoms. The maximum absolute atomic E-state index is 12.2. The summed E-state index contributed by atoms with van der Waals surface area (Å²) in [6.07, 6.45) is 1.57. The summed E-state index contributed by atoms with van der Waals surface area (Å²) in [5.41, 5.74) is 1.23. The van der Waals surface area contributed by atoms with E-state index < -0.39 is 18.4 Å². The van der Waals surface area contributed by atoms with Crippen molar-refractivity contribution in [3.05, 3.63) is 46.0 Å². The molecule has 0 atom stereocenters. The van der Waals surface area contributed by atoms with Gasteiger partial charge in [0.05, 0.1) is 21.1 Å². The summed E-state index contributed by atoms with van der Waals surface area (Å²) in [5, 5.41) is 10.2. The van der Waals surface area contributed by atoms with Gasteiger partial charge in [0, 0.05) is 5.39 Å². The number of hydrogen-bond acceptors (Lipinski definition) is 5. The number of halogens is 1. The first kappa shape index (κ1) is 15.9. The van der Waals surface area contributed by atoms with Crippen LogP contribution >= 0.6 is 35.6 Å². The second kappa shape index (κ2) is 6.27. The van der Waals surface area contributed by atoms with Crippen LogP contribution in [0.4, 0.5) is 0 Å². The van der Waals surface area contributed by atoms with Gasteiger partial charge in [0.15, 0.2) is 0 Å². The zero-order valence-electron chi connectivity index (χ0n) is 11.5. The fourth-order valence-corrected chi connectivity index (χ4v) is 3.64. The van der Waals surface area contributed by atoms with Crippen molar-refractivity contribution in [2.75, 3.05) is 6.54 Å². The largest absolute Gasteiger partial charge is 0.480 e. The summed E-state index contributed by atoms with van der Waals surface area (Å²) in [5.74, 6) is -1.55. The van der Waals surface area contributed by atoms with Crippen molar-refractivity contribution in [2.45, 2.75) is 0 Å². The number of aliphatic carboxylic acids is 1. The van der Waals surface area contributed by atoms with E-state index in [1.807, 2.05) is 24.3 Å². The highest BCUT2D eigenvalue weighted by Gasteiger charge is 2.33. The van der Waals surface area contributed by atoms with Gasteiger partial charge in [0.1, 0.15) is 10.9 Å². The first-order valence-corrected chi connectivity index (χ1v) is 8.08. The Bertz CT molecular complexity index is 882. The molecule has 116 valence electrons. The molecule has 5 nitrogen and oxygen atoms in total. The number of pyridine rings is 1. The number of thiocarbonyl (C=S) groups is 1. The molecule has 3 rings (SSSR count). The minimum Gasteiger partial charge on any atom is -0.480 e.